The van der Waals surface area contributed by atoms with E-state index in [1.54, 1.807) is 0 Å². The van der Waals surface area contributed by atoms with Crippen LogP contribution in [0.5, 0.6) is 0 Å². The lowest BCUT2D eigenvalue weighted by molar-refractivity contribution is 1.16. The van der Waals surface area contributed by atoms with Crippen LogP contribution in [0, 0.1) is 5.41 Å². The Kier molecular flexibility index (Phi) is 12.8. The number of nitrogens with one attached hydrogen (secondary N) is 1. The van der Waals surface area contributed by atoms with Crippen molar-refractivity contribution in [3.63, 3.8) is 0 Å². The molecule has 1 heterocycles. The van der Waals surface area contributed by atoms with E-state index in [-0.39, 0.29) is 0 Å². The first-order chi connectivity index (χ1) is 7.36. The maximum Gasteiger partial charge on any atom is 0.172 e. The third-order valence-electron chi connectivity index (χ3n) is 0.995. The number of aliphatic imine (C=N–C) groups is 1. The van der Waals surface area contributed by atoms with Gasteiger partial charge in [0.25, 0.3) is 0 Å². The van der Waals surface area contributed by atoms with Crippen molar-refractivity contribution in [2.24, 2.45) is 10.7 Å². The number of hydrogen-bond acceptors (Lipinski definition) is 4. The molecular weight excluding hydrogens is 190 g/mol. The molecule has 0 radical (unpaired) electrons. The van der Waals surface area contributed by atoms with E-state index in [4.69, 9.17) is 11.1 Å². The fourth-order valence-corrected chi connectivity index (χ4v) is 0.578. The molecule has 3 N–H and O–H groups in total. The third-order valence-corrected chi connectivity index (χ3v) is 0.995. The fraction of sp³-hybridized carbons (Fsp3) is 0.400. The van der Waals surface area contributed by atoms with Crippen molar-refractivity contribution in [1.82, 2.24) is 9.97 Å². The second kappa shape index (κ2) is 12.2. The fourth-order valence-electron chi connectivity index (χ4n) is 0.578. The minimum Gasteiger partial charge on any atom is -0.390 e. The number of nitrogens with zero attached hydrogens (tertiary/aromatic N) is 3. The maximum absolute atomic E-state index is 6.86. The Balaban J connectivity index is 0. The number of nitrogens with two attached hydrogens (primary N) is 1. The molecule has 0 amide bonds. The van der Waals surface area contributed by atoms with E-state index < -0.39 is 0 Å². The zero-order chi connectivity index (χ0) is 12.1. The normalized spacial score (nSPS) is 8.27. The van der Waals surface area contributed by atoms with Crippen LogP contribution in [-0.4, -0.2) is 22.5 Å². The number of aromatic nitrogens is 2. The van der Waals surface area contributed by atoms with Crippen molar-refractivity contribution in [2.75, 3.05) is 0 Å². The van der Waals surface area contributed by atoms with E-state index in [0.29, 0.717) is 11.5 Å². The molecule has 5 nitrogen and oxygen atoms in total. The molecule has 0 saturated heterocycles. The van der Waals surface area contributed by atoms with Gasteiger partial charge >= 0.3 is 0 Å². The van der Waals surface area contributed by atoms with E-state index in [2.05, 4.69) is 15.0 Å². The average Bonchev–Trinajstić information content (AvgIpc) is 2.35. The van der Waals surface area contributed by atoms with Gasteiger partial charge in [0.15, 0.2) is 5.82 Å². The molecule has 84 valence electrons. The molecule has 0 saturated carbocycles. The van der Waals surface area contributed by atoms with Gasteiger partial charge in [-0.3, -0.25) is 4.98 Å². The molecule has 0 aliphatic carbocycles. The predicted octanol–water partition coefficient (Wildman–Crippen LogP) is 2.15. The van der Waals surface area contributed by atoms with Crippen molar-refractivity contribution in [3.8, 4) is 0 Å². The molecule has 1 aromatic heterocycles. The second-order valence-electron chi connectivity index (χ2n) is 1.72. The highest BCUT2D eigenvalue weighted by atomic mass is 15.0. The van der Waals surface area contributed by atoms with Crippen molar-refractivity contribution in [3.05, 3.63) is 18.1 Å². The van der Waals surface area contributed by atoms with Crippen LogP contribution in [0.15, 0.2) is 17.4 Å². The standard InChI is InChI=1S/C6H7N5.2C2H6/c7-1-5-2-9-3-6(11-5)10-4-8;2*1-2/h1-4,7H,(H2,8,10,11);2*1-2H3. The molecule has 0 aromatic carbocycles. The Morgan fingerprint density at radius 1 is 1.27 bits per heavy atom. The Morgan fingerprint density at radius 3 is 2.33 bits per heavy atom. The SMILES string of the molecule is CC.CC.N=Cc1cncc(N=CN)n1. The smallest absolute Gasteiger partial charge is 0.172 e. The minimum absolute atomic E-state index is 0.411. The molecule has 0 aliphatic rings. The Bertz CT molecular complexity index is 283. The molecule has 1 aromatic rings. The van der Waals surface area contributed by atoms with Gasteiger partial charge in [-0.2, -0.15) is 0 Å². The lowest BCUT2D eigenvalue weighted by atomic mass is 10.5. The van der Waals surface area contributed by atoms with E-state index in [1.165, 1.54) is 12.4 Å². The van der Waals surface area contributed by atoms with Crippen LogP contribution in [0.25, 0.3) is 0 Å². The zero-order valence-corrected chi connectivity index (χ0v) is 9.73. The molecule has 0 spiro atoms. The highest BCUT2D eigenvalue weighted by molar-refractivity contribution is 5.74. The summed E-state index contributed by atoms with van der Waals surface area (Å²) in [6, 6.07) is 0. The highest BCUT2D eigenvalue weighted by Crippen LogP contribution is 2.02. The Hall–Kier alpha value is -1.78. The molecule has 0 unspecified atom stereocenters. The first-order valence-corrected chi connectivity index (χ1v) is 4.93. The molecule has 0 fully saturated rings. The lowest BCUT2D eigenvalue weighted by Gasteiger charge is -1.91. The summed E-state index contributed by atoms with van der Waals surface area (Å²) < 4.78 is 0. The van der Waals surface area contributed by atoms with E-state index >= 15 is 0 Å². The van der Waals surface area contributed by atoms with E-state index in [0.717, 1.165) is 12.6 Å². The monoisotopic (exact) mass is 209 g/mol. The summed E-state index contributed by atoms with van der Waals surface area (Å²) in [4.78, 5) is 11.4. The Labute approximate surface area is 91.0 Å². The van der Waals surface area contributed by atoms with E-state index in [1.807, 2.05) is 27.7 Å². The summed E-state index contributed by atoms with van der Waals surface area (Å²) in [5, 5.41) is 6.86. The lowest BCUT2D eigenvalue weighted by Crippen LogP contribution is -1.91. The second-order valence-corrected chi connectivity index (χ2v) is 1.72. The Morgan fingerprint density at radius 2 is 1.87 bits per heavy atom. The first-order valence-electron chi connectivity index (χ1n) is 4.93. The van der Waals surface area contributed by atoms with Gasteiger partial charge in [0.2, 0.25) is 0 Å². The molecule has 5 heteroatoms. The van der Waals surface area contributed by atoms with Crippen LogP contribution in [0.1, 0.15) is 33.4 Å². The summed E-state index contributed by atoms with van der Waals surface area (Å²) >= 11 is 0. The van der Waals surface area contributed by atoms with Crippen LogP contribution in [-0.2, 0) is 0 Å². The van der Waals surface area contributed by atoms with Crippen molar-refractivity contribution >= 4 is 18.4 Å². The average molecular weight is 209 g/mol. The molecular formula is C10H19N5. The van der Waals surface area contributed by atoms with Gasteiger partial charge in [0.05, 0.1) is 18.7 Å². The summed E-state index contributed by atoms with van der Waals surface area (Å²) in [6.45, 7) is 8.00. The predicted molar refractivity (Wildman–Crippen MR) is 65.0 cm³/mol. The van der Waals surface area contributed by atoms with E-state index in [9.17, 15) is 0 Å². The topological polar surface area (TPSA) is 88.0 Å². The highest BCUT2D eigenvalue weighted by Gasteiger charge is 1.91. The minimum atomic E-state index is 0.411. The van der Waals surface area contributed by atoms with Crippen LogP contribution >= 0.6 is 0 Å². The number of hydrogen-bond donors (Lipinski definition) is 2. The maximum atomic E-state index is 6.86. The van der Waals surface area contributed by atoms with Gasteiger partial charge in [-0.15, -0.1) is 0 Å². The molecule has 0 aliphatic heterocycles. The van der Waals surface area contributed by atoms with Gasteiger partial charge < -0.3 is 11.1 Å². The van der Waals surface area contributed by atoms with Crippen LogP contribution in [0.2, 0.25) is 0 Å². The summed E-state index contributed by atoms with van der Waals surface area (Å²) in [7, 11) is 0. The largest absolute Gasteiger partial charge is 0.390 e. The molecule has 15 heavy (non-hydrogen) atoms. The molecule has 1 rings (SSSR count). The van der Waals surface area contributed by atoms with Crippen LogP contribution in [0.4, 0.5) is 5.82 Å². The summed E-state index contributed by atoms with van der Waals surface area (Å²) in [5.41, 5.74) is 5.50. The van der Waals surface area contributed by atoms with Crippen molar-refractivity contribution < 1.29 is 0 Å². The van der Waals surface area contributed by atoms with Crippen molar-refractivity contribution in [2.45, 2.75) is 27.7 Å². The third kappa shape index (κ3) is 7.30. The van der Waals surface area contributed by atoms with Gasteiger partial charge in [-0.25, -0.2) is 9.98 Å². The van der Waals surface area contributed by atoms with Gasteiger partial charge in [0.1, 0.15) is 5.69 Å². The van der Waals surface area contributed by atoms with Gasteiger partial charge in [0, 0.05) is 6.21 Å². The van der Waals surface area contributed by atoms with Gasteiger partial charge in [-0.1, -0.05) is 27.7 Å². The van der Waals surface area contributed by atoms with Crippen LogP contribution in [0.3, 0.4) is 0 Å². The van der Waals surface area contributed by atoms with Gasteiger partial charge in [-0.05, 0) is 0 Å². The van der Waals surface area contributed by atoms with Crippen molar-refractivity contribution in [1.29, 1.82) is 5.41 Å². The first kappa shape index (κ1) is 15.7. The molecule has 0 atom stereocenters. The summed E-state index contributed by atoms with van der Waals surface area (Å²) in [5.74, 6) is 0.411. The van der Waals surface area contributed by atoms with Crippen LogP contribution < -0.4 is 5.73 Å². The zero-order valence-electron chi connectivity index (χ0n) is 9.73. The summed E-state index contributed by atoms with van der Waals surface area (Å²) in [6.07, 6.45) is 5.18. The molecule has 0 bridgehead atoms. The quantitative estimate of drug-likeness (QED) is 0.577. The number of rotatable bonds is 2.